The standard InChI is InChI=1S/C8H14F3NO/c9-8(10,11)3-5-13-6-7-2-1-4-12-7/h7,12H,1-6H2/t7-/m0/s1. The maximum Gasteiger partial charge on any atom is 0.391 e. The number of hydrogen-bond acceptors (Lipinski definition) is 2. The second kappa shape index (κ2) is 4.81. The van der Waals surface area contributed by atoms with E-state index in [0.717, 1.165) is 19.4 Å². The normalized spacial score (nSPS) is 23.8. The summed E-state index contributed by atoms with van der Waals surface area (Å²) < 4.78 is 39.9. The average Bonchev–Trinajstić information content (AvgIpc) is 2.48. The van der Waals surface area contributed by atoms with Crippen LogP contribution in [0.25, 0.3) is 0 Å². The van der Waals surface area contributed by atoms with Gasteiger partial charge in [0.2, 0.25) is 0 Å². The lowest BCUT2D eigenvalue weighted by atomic mass is 10.2. The number of alkyl halides is 3. The van der Waals surface area contributed by atoms with Crippen LogP contribution in [0.5, 0.6) is 0 Å². The summed E-state index contributed by atoms with van der Waals surface area (Å²) >= 11 is 0. The molecule has 0 unspecified atom stereocenters. The number of rotatable bonds is 4. The van der Waals surface area contributed by atoms with Crippen molar-refractivity contribution in [2.45, 2.75) is 31.5 Å². The lowest BCUT2D eigenvalue weighted by Gasteiger charge is -2.11. The van der Waals surface area contributed by atoms with E-state index in [4.69, 9.17) is 4.74 Å². The maximum atomic E-state index is 11.7. The molecule has 1 aliphatic rings. The molecule has 1 saturated heterocycles. The van der Waals surface area contributed by atoms with Gasteiger partial charge in [0.15, 0.2) is 0 Å². The molecular weight excluding hydrogens is 183 g/mol. The van der Waals surface area contributed by atoms with E-state index in [-0.39, 0.29) is 12.6 Å². The lowest BCUT2D eigenvalue weighted by molar-refractivity contribution is -0.145. The fourth-order valence-electron chi connectivity index (χ4n) is 1.31. The van der Waals surface area contributed by atoms with E-state index in [2.05, 4.69) is 5.32 Å². The molecule has 0 amide bonds. The third kappa shape index (κ3) is 5.10. The quantitative estimate of drug-likeness (QED) is 0.693. The molecular formula is C8H14F3NO. The largest absolute Gasteiger partial charge is 0.391 e. The van der Waals surface area contributed by atoms with Crippen LogP contribution < -0.4 is 5.32 Å². The van der Waals surface area contributed by atoms with Gasteiger partial charge in [0.1, 0.15) is 0 Å². The SMILES string of the molecule is FC(F)(F)CCOC[C@@H]1CCCN1. The summed E-state index contributed by atoms with van der Waals surface area (Å²) in [4.78, 5) is 0. The molecule has 0 saturated carbocycles. The first kappa shape index (κ1) is 10.8. The van der Waals surface area contributed by atoms with Gasteiger partial charge in [0.25, 0.3) is 0 Å². The highest BCUT2D eigenvalue weighted by molar-refractivity contribution is 4.73. The molecule has 1 fully saturated rings. The van der Waals surface area contributed by atoms with Crippen molar-refractivity contribution in [3.8, 4) is 0 Å². The molecule has 0 aromatic rings. The Morgan fingerprint density at radius 1 is 1.38 bits per heavy atom. The van der Waals surface area contributed by atoms with Crippen molar-refractivity contribution in [2.24, 2.45) is 0 Å². The van der Waals surface area contributed by atoms with Crippen LogP contribution in [0.3, 0.4) is 0 Å². The molecule has 0 aromatic heterocycles. The Morgan fingerprint density at radius 3 is 2.69 bits per heavy atom. The first-order valence-electron chi connectivity index (χ1n) is 4.46. The minimum Gasteiger partial charge on any atom is -0.379 e. The molecule has 1 rings (SSSR count). The van der Waals surface area contributed by atoms with Crippen LogP contribution in [0.2, 0.25) is 0 Å². The second-order valence-corrected chi connectivity index (χ2v) is 3.23. The van der Waals surface area contributed by atoms with E-state index in [0.29, 0.717) is 6.61 Å². The summed E-state index contributed by atoms with van der Waals surface area (Å²) in [6, 6.07) is 0.258. The molecule has 2 nitrogen and oxygen atoms in total. The Balaban J connectivity index is 1.94. The highest BCUT2D eigenvalue weighted by Crippen LogP contribution is 2.19. The van der Waals surface area contributed by atoms with Crippen LogP contribution >= 0.6 is 0 Å². The van der Waals surface area contributed by atoms with E-state index in [9.17, 15) is 13.2 Å². The molecule has 1 atom stereocenters. The van der Waals surface area contributed by atoms with E-state index in [1.807, 2.05) is 0 Å². The summed E-state index contributed by atoms with van der Waals surface area (Å²) in [7, 11) is 0. The molecule has 0 spiro atoms. The summed E-state index contributed by atoms with van der Waals surface area (Å²) in [6.45, 7) is 1.13. The van der Waals surface area contributed by atoms with Gasteiger partial charge >= 0.3 is 6.18 Å². The Morgan fingerprint density at radius 2 is 2.15 bits per heavy atom. The van der Waals surface area contributed by atoms with Crippen molar-refractivity contribution < 1.29 is 17.9 Å². The van der Waals surface area contributed by atoms with E-state index in [1.54, 1.807) is 0 Å². The molecule has 5 heteroatoms. The Hall–Kier alpha value is -0.290. The number of halogens is 3. The summed E-state index contributed by atoms with van der Waals surface area (Å²) in [5, 5.41) is 3.15. The zero-order chi connectivity index (χ0) is 9.73. The smallest absolute Gasteiger partial charge is 0.379 e. The summed E-state index contributed by atoms with van der Waals surface area (Å²) in [6.07, 6.45) is -2.85. The van der Waals surface area contributed by atoms with Crippen LogP contribution in [-0.4, -0.2) is 32.0 Å². The second-order valence-electron chi connectivity index (χ2n) is 3.23. The Labute approximate surface area is 75.4 Å². The first-order chi connectivity index (χ1) is 6.08. The van der Waals surface area contributed by atoms with E-state index < -0.39 is 12.6 Å². The van der Waals surface area contributed by atoms with E-state index in [1.165, 1.54) is 0 Å². The third-order valence-electron chi connectivity index (χ3n) is 2.01. The molecule has 0 aromatic carbocycles. The van der Waals surface area contributed by atoms with Gasteiger partial charge in [-0.25, -0.2) is 0 Å². The molecule has 13 heavy (non-hydrogen) atoms. The van der Waals surface area contributed by atoms with Gasteiger partial charge in [-0.2, -0.15) is 13.2 Å². The van der Waals surface area contributed by atoms with Gasteiger partial charge in [-0.15, -0.1) is 0 Å². The third-order valence-corrected chi connectivity index (χ3v) is 2.01. The van der Waals surface area contributed by atoms with Crippen molar-refractivity contribution >= 4 is 0 Å². The van der Waals surface area contributed by atoms with Crippen molar-refractivity contribution in [3.63, 3.8) is 0 Å². The highest BCUT2D eigenvalue weighted by atomic mass is 19.4. The fourth-order valence-corrected chi connectivity index (χ4v) is 1.31. The predicted octanol–water partition coefficient (Wildman–Crippen LogP) is 1.71. The first-order valence-corrected chi connectivity index (χ1v) is 4.46. The highest BCUT2D eigenvalue weighted by Gasteiger charge is 2.26. The number of nitrogens with one attached hydrogen (secondary N) is 1. The van der Waals surface area contributed by atoms with Gasteiger partial charge in [0, 0.05) is 6.04 Å². The van der Waals surface area contributed by atoms with Crippen molar-refractivity contribution in [3.05, 3.63) is 0 Å². The topological polar surface area (TPSA) is 21.3 Å². The Bertz CT molecular complexity index is 143. The molecule has 78 valence electrons. The zero-order valence-corrected chi connectivity index (χ0v) is 7.36. The molecule has 0 aliphatic carbocycles. The molecule has 1 aliphatic heterocycles. The van der Waals surface area contributed by atoms with Crippen LogP contribution in [0.1, 0.15) is 19.3 Å². The van der Waals surface area contributed by atoms with Gasteiger partial charge < -0.3 is 10.1 Å². The summed E-state index contributed by atoms with van der Waals surface area (Å²) in [5.41, 5.74) is 0. The lowest BCUT2D eigenvalue weighted by Crippen LogP contribution is -2.27. The monoisotopic (exact) mass is 197 g/mol. The van der Waals surface area contributed by atoms with Gasteiger partial charge in [-0.3, -0.25) is 0 Å². The minimum absolute atomic E-state index is 0.221. The predicted molar refractivity (Wildman–Crippen MR) is 42.5 cm³/mol. The van der Waals surface area contributed by atoms with Crippen LogP contribution in [-0.2, 0) is 4.74 Å². The van der Waals surface area contributed by atoms with Gasteiger partial charge in [-0.05, 0) is 19.4 Å². The van der Waals surface area contributed by atoms with Crippen molar-refractivity contribution in [1.82, 2.24) is 5.32 Å². The average molecular weight is 197 g/mol. The molecule has 0 radical (unpaired) electrons. The van der Waals surface area contributed by atoms with Crippen LogP contribution in [0.15, 0.2) is 0 Å². The fraction of sp³-hybridized carbons (Fsp3) is 1.00. The molecule has 0 bridgehead atoms. The minimum atomic E-state index is -4.09. The van der Waals surface area contributed by atoms with E-state index >= 15 is 0 Å². The number of ether oxygens (including phenoxy) is 1. The molecule has 1 heterocycles. The number of hydrogen-bond donors (Lipinski definition) is 1. The van der Waals surface area contributed by atoms with Crippen LogP contribution in [0.4, 0.5) is 13.2 Å². The zero-order valence-electron chi connectivity index (χ0n) is 7.36. The van der Waals surface area contributed by atoms with Crippen LogP contribution in [0, 0.1) is 0 Å². The Kier molecular flexibility index (Phi) is 3.99. The summed E-state index contributed by atoms with van der Waals surface area (Å²) in [5.74, 6) is 0. The molecule has 1 N–H and O–H groups in total. The van der Waals surface area contributed by atoms with Gasteiger partial charge in [0.05, 0.1) is 19.6 Å². The van der Waals surface area contributed by atoms with Crippen molar-refractivity contribution in [1.29, 1.82) is 0 Å². The maximum absolute atomic E-state index is 11.7. The van der Waals surface area contributed by atoms with Gasteiger partial charge in [-0.1, -0.05) is 0 Å². The van der Waals surface area contributed by atoms with Crippen molar-refractivity contribution in [2.75, 3.05) is 19.8 Å².